The number of esters is 1. The van der Waals surface area contributed by atoms with Crippen LogP contribution in [0.1, 0.15) is 284 Å². The summed E-state index contributed by atoms with van der Waals surface area (Å²) in [7, 11) is -4.61. The van der Waals surface area contributed by atoms with E-state index in [0.717, 1.165) is 38.5 Å². The van der Waals surface area contributed by atoms with Crippen LogP contribution in [0.2, 0.25) is 0 Å². The van der Waals surface area contributed by atoms with Gasteiger partial charge in [0.15, 0.2) is 0 Å². The Hall–Kier alpha value is -1.03. The second-order valence-electron chi connectivity index (χ2n) is 18.7. The van der Waals surface area contributed by atoms with Gasteiger partial charge in [-0.1, -0.05) is 264 Å². The van der Waals surface area contributed by atoms with Gasteiger partial charge in [0.1, 0.15) is 12.1 Å². The van der Waals surface area contributed by atoms with Crippen molar-refractivity contribution in [3.63, 3.8) is 0 Å². The topological polar surface area (TPSA) is 155 Å². The third-order valence-corrected chi connectivity index (χ3v) is 13.3. The monoisotopic (exact) mass is 918 g/mol. The molecular weight excluding hydrogens is 814 g/mol. The summed E-state index contributed by atoms with van der Waals surface area (Å²) >= 11 is 0. The van der Waals surface area contributed by atoms with Crippen LogP contribution in [0.3, 0.4) is 0 Å². The highest BCUT2D eigenvalue weighted by atomic mass is 31.2. The van der Waals surface area contributed by atoms with Crippen molar-refractivity contribution in [3.05, 3.63) is 0 Å². The highest BCUT2D eigenvalue weighted by Gasteiger charge is 2.27. The Bertz CT molecular complexity index is 1020. The Balaban J connectivity index is 4.01. The van der Waals surface area contributed by atoms with Gasteiger partial charge in [-0.3, -0.25) is 18.6 Å². The van der Waals surface area contributed by atoms with Crippen LogP contribution < -0.4 is 5.73 Å². The standard InChI is InChI=1S/C52H104NO9P/c1-3-5-7-9-11-13-15-17-19-21-22-23-24-25-26-27-28-29-30-32-34-36-38-40-42-44-51(54)62-49(47-60-63(57,58)61-48-50(53)52(55)56)46-59-45-43-41-39-37-35-33-31-20-18-16-14-12-10-8-6-4-2/h49-50H,3-48,53H2,1-2H3,(H,55,56)(H,57,58)/t49-,50+/m1/s1. The molecular formula is C52H104NO9P. The zero-order valence-corrected chi connectivity index (χ0v) is 42.4. The summed E-state index contributed by atoms with van der Waals surface area (Å²) in [6.45, 7) is 3.96. The normalized spacial score (nSPS) is 13.6. The van der Waals surface area contributed by atoms with Gasteiger partial charge in [-0.25, -0.2) is 4.57 Å². The molecule has 63 heavy (non-hydrogen) atoms. The highest BCUT2D eigenvalue weighted by molar-refractivity contribution is 7.47. The fourth-order valence-electron chi connectivity index (χ4n) is 8.20. The molecule has 0 spiro atoms. The molecule has 0 saturated carbocycles. The van der Waals surface area contributed by atoms with E-state index in [0.29, 0.717) is 6.61 Å². The van der Waals surface area contributed by atoms with Gasteiger partial charge in [-0.15, -0.1) is 0 Å². The second-order valence-corrected chi connectivity index (χ2v) is 20.2. The first-order chi connectivity index (χ1) is 30.7. The number of hydrogen-bond acceptors (Lipinski definition) is 8. The minimum absolute atomic E-state index is 0.0264. The zero-order chi connectivity index (χ0) is 46.2. The van der Waals surface area contributed by atoms with Gasteiger partial charge in [0.25, 0.3) is 0 Å². The number of carboxylic acid groups (broad SMARTS) is 1. The van der Waals surface area contributed by atoms with Crippen molar-refractivity contribution in [1.82, 2.24) is 0 Å². The van der Waals surface area contributed by atoms with Crippen LogP contribution in [0.15, 0.2) is 0 Å². The lowest BCUT2D eigenvalue weighted by molar-refractivity contribution is -0.154. The molecule has 3 atom stereocenters. The predicted molar refractivity (Wildman–Crippen MR) is 263 cm³/mol. The van der Waals surface area contributed by atoms with E-state index in [1.807, 2.05) is 0 Å². The number of rotatable bonds is 53. The smallest absolute Gasteiger partial charge is 0.472 e. The second kappa shape index (κ2) is 48.9. The number of ether oxygens (including phenoxy) is 2. The van der Waals surface area contributed by atoms with E-state index in [2.05, 4.69) is 13.8 Å². The Morgan fingerprint density at radius 1 is 0.444 bits per heavy atom. The SMILES string of the molecule is CCCCCCCCCCCCCCCCCCCCCCCCCCCC(=O)O[C@H](COCCCCCCCCCCCCCCCCCC)COP(=O)(O)OC[C@H](N)C(=O)O. The molecule has 1 unspecified atom stereocenters. The van der Waals surface area contributed by atoms with Crippen LogP contribution in [0.5, 0.6) is 0 Å². The number of unbranched alkanes of at least 4 members (excludes halogenated alkanes) is 39. The summed E-state index contributed by atoms with van der Waals surface area (Å²) in [5, 5.41) is 8.93. The summed E-state index contributed by atoms with van der Waals surface area (Å²) in [6, 6.07) is -1.47. The van der Waals surface area contributed by atoms with Gasteiger partial charge in [0, 0.05) is 13.0 Å². The molecule has 0 rings (SSSR count). The third kappa shape index (κ3) is 48.7. The van der Waals surface area contributed by atoms with Gasteiger partial charge in [0.2, 0.25) is 0 Å². The molecule has 0 bridgehead atoms. The van der Waals surface area contributed by atoms with Crippen molar-refractivity contribution in [2.75, 3.05) is 26.4 Å². The van der Waals surface area contributed by atoms with E-state index in [1.165, 1.54) is 225 Å². The number of aliphatic carboxylic acids is 1. The van der Waals surface area contributed by atoms with Gasteiger partial charge in [-0.2, -0.15) is 0 Å². The molecule has 0 radical (unpaired) electrons. The van der Waals surface area contributed by atoms with Crippen LogP contribution in [0.4, 0.5) is 0 Å². The molecule has 0 aromatic heterocycles. The fraction of sp³-hybridized carbons (Fsp3) is 0.962. The van der Waals surface area contributed by atoms with E-state index in [9.17, 15) is 19.0 Å². The summed E-state index contributed by atoms with van der Waals surface area (Å²) in [4.78, 5) is 33.7. The maximum Gasteiger partial charge on any atom is 0.472 e. The summed E-state index contributed by atoms with van der Waals surface area (Å²) in [5.74, 6) is -1.76. The molecule has 0 aromatic carbocycles. The van der Waals surface area contributed by atoms with E-state index in [-0.39, 0.29) is 13.0 Å². The number of hydrogen-bond donors (Lipinski definition) is 3. The van der Waals surface area contributed by atoms with Crippen LogP contribution >= 0.6 is 7.82 Å². The van der Waals surface area contributed by atoms with Crippen LogP contribution in [0, 0.1) is 0 Å². The maximum atomic E-state index is 12.7. The van der Waals surface area contributed by atoms with Gasteiger partial charge < -0.3 is 25.2 Å². The Morgan fingerprint density at radius 2 is 0.730 bits per heavy atom. The van der Waals surface area contributed by atoms with Crippen molar-refractivity contribution < 1.29 is 42.7 Å². The molecule has 0 aliphatic carbocycles. The lowest BCUT2D eigenvalue weighted by atomic mass is 10.0. The Morgan fingerprint density at radius 3 is 1.05 bits per heavy atom. The van der Waals surface area contributed by atoms with Crippen molar-refractivity contribution >= 4 is 19.8 Å². The van der Waals surface area contributed by atoms with Crippen LogP contribution in [0.25, 0.3) is 0 Å². The minimum Gasteiger partial charge on any atom is -0.480 e. The quantitative estimate of drug-likeness (QED) is 0.0305. The largest absolute Gasteiger partial charge is 0.480 e. The third-order valence-electron chi connectivity index (χ3n) is 12.4. The van der Waals surface area contributed by atoms with Gasteiger partial charge in [0.05, 0.1) is 19.8 Å². The van der Waals surface area contributed by atoms with Crippen molar-refractivity contribution in [1.29, 1.82) is 0 Å². The van der Waals surface area contributed by atoms with E-state index in [1.54, 1.807) is 0 Å². The molecule has 0 aliphatic rings. The minimum atomic E-state index is -4.61. The molecule has 0 heterocycles. The Labute approximate surface area is 389 Å². The fourth-order valence-corrected chi connectivity index (χ4v) is 8.97. The first kappa shape index (κ1) is 62.0. The predicted octanol–water partition coefficient (Wildman–Crippen LogP) is 15.9. The lowest BCUT2D eigenvalue weighted by Crippen LogP contribution is -2.34. The number of carbonyl (C=O) groups excluding carboxylic acids is 1. The van der Waals surface area contributed by atoms with Gasteiger partial charge >= 0.3 is 19.8 Å². The molecule has 0 aliphatic heterocycles. The average Bonchev–Trinajstić information content (AvgIpc) is 3.26. The lowest BCUT2D eigenvalue weighted by Gasteiger charge is -2.20. The molecule has 0 aromatic rings. The first-order valence-corrected chi connectivity index (χ1v) is 28.6. The van der Waals surface area contributed by atoms with E-state index >= 15 is 0 Å². The first-order valence-electron chi connectivity index (χ1n) is 27.1. The van der Waals surface area contributed by atoms with E-state index in [4.69, 9.17) is 29.4 Å². The van der Waals surface area contributed by atoms with Crippen molar-refractivity contribution in [2.45, 2.75) is 296 Å². The van der Waals surface area contributed by atoms with Crippen LogP contribution in [-0.4, -0.2) is 60.5 Å². The Kier molecular flexibility index (Phi) is 48.1. The van der Waals surface area contributed by atoms with Crippen molar-refractivity contribution in [3.8, 4) is 0 Å². The van der Waals surface area contributed by atoms with E-state index < -0.39 is 45.1 Å². The molecule has 11 heteroatoms. The maximum absolute atomic E-state index is 12.7. The number of nitrogens with two attached hydrogens (primary N) is 1. The van der Waals surface area contributed by atoms with Gasteiger partial charge in [-0.05, 0) is 12.8 Å². The molecule has 0 amide bonds. The van der Waals surface area contributed by atoms with Crippen LogP contribution in [-0.2, 0) is 32.7 Å². The molecule has 376 valence electrons. The number of phosphoric acid groups is 1. The molecule has 10 nitrogen and oxygen atoms in total. The summed E-state index contributed by atoms with van der Waals surface area (Å²) in [6.07, 6.45) is 53.1. The number of phosphoric ester groups is 1. The number of carbonyl (C=O) groups is 2. The summed E-state index contributed by atoms with van der Waals surface area (Å²) in [5.41, 5.74) is 5.38. The highest BCUT2D eigenvalue weighted by Crippen LogP contribution is 2.43. The zero-order valence-electron chi connectivity index (χ0n) is 41.5. The number of carboxylic acids is 1. The molecule has 0 fully saturated rings. The van der Waals surface area contributed by atoms with Crippen molar-refractivity contribution in [2.24, 2.45) is 5.73 Å². The molecule has 0 saturated heterocycles. The summed E-state index contributed by atoms with van der Waals surface area (Å²) < 4.78 is 33.5. The average molecular weight is 918 g/mol. The molecule has 4 N–H and O–H groups in total.